The minimum absolute atomic E-state index is 0.0553. The van der Waals surface area contributed by atoms with E-state index in [9.17, 15) is 18.4 Å². The molecule has 0 saturated carbocycles. The second-order valence-electron chi connectivity index (χ2n) is 7.21. The Morgan fingerprint density at radius 2 is 1.97 bits per heavy atom. The number of H-pyrrole nitrogens is 1. The van der Waals surface area contributed by atoms with Gasteiger partial charge in [-0.2, -0.15) is 0 Å². The summed E-state index contributed by atoms with van der Waals surface area (Å²) < 4.78 is 32.0. The number of nitrogens with one attached hydrogen (secondary N) is 1. The molecule has 0 bridgehead atoms. The molecule has 2 aromatic carbocycles. The maximum Gasteiger partial charge on any atom is 0.260 e. The van der Waals surface area contributed by atoms with Crippen LogP contribution in [0.2, 0.25) is 0 Å². The number of benzene rings is 2. The van der Waals surface area contributed by atoms with Crippen molar-refractivity contribution in [1.29, 1.82) is 0 Å². The van der Waals surface area contributed by atoms with Gasteiger partial charge >= 0.3 is 0 Å². The molecule has 33 heavy (non-hydrogen) atoms. The number of aromatic amines is 1. The predicted molar refractivity (Wildman–Crippen MR) is 126 cm³/mol. The first-order valence-corrected chi connectivity index (χ1v) is 11.7. The molecule has 2 aromatic heterocycles. The first-order chi connectivity index (χ1) is 15.9. The normalized spacial score (nSPS) is 11.0. The number of carbonyl (C=O) groups is 1. The largest absolute Gasteiger partial charge is 0.494 e. The minimum Gasteiger partial charge on any atom is -0.494 e. The Morgan fingerprint density at radius 3 is 2.67 bits per heavy atom. The van der Waals surface area contributed by atoms with E-state index < -0.39 is 5.82 Å². The molecule has 0 atom stereocenters. The van der Waals surface area contributed by atoms with Crippen molar-refractivity contribution in [3.8, 4) is 16.9 Å². The number of carbonyl (C=O) groups excluding carboxylic acids is 1. The second-order valence-corrected chi connectivity index (χ2v) is 9.04. The van der Waals surface area contributed by atoms with Crippen LogP contribution in [0.1, 0.15) is 5.56 Å². The van der Waals surface area contributed by atoms with E-state index in [1.54, 1.807) is 25.2 Å². The lowest BCUT2D eigenvalue weighted by Gasteiger charge is -2.17. The standard InChI is InChI=1S/C23H19F2N3O3S2/c1-28(10-13-3-8-18(31-2)17(25)9-13)19(29)12-33-23-26-21(30)20-16(11-32-22(20)27-23)14-4-6-15(24)7-5-14/h3-9,11H,10,12H2,1-2H3,(H,26,27,30). The van der Waals surface area contributed by atoms with Gasteiger partial charge in [-0.3, -0.25) is 9.59 Å². The maximum atomic E-state index is 13.9. The molecule has 2 heterocycles. The minimum atomic E-state index is -0.490. The molecular formula is C23H19F2N3O3S2. The first kappa shape index (κ1) is 22.9. The van der Waals surface area contributed by atoms with Gasteiger partial charge in [-0.15, -0.1) is 11.3 Å². The van der Waals surface area contributed by atoms with Crippen molar-refractivity contribution in [2.45, 2.75) is 11.7 Å². The fourth-order valence-electron chi connectivity index (χ4n) is 3.25. The third-order valence-electron chi connectivity index (χ3n) is 4.97. The Hall–Kier alpha value is -3.24. The van der Waals surface area contributed by atoms with E-state index in [1.165, 1.54) is 47.6 Å². The van der Waals surface area contributed by atoms with Crippen LogP contribution >= 0.6 is 23.1 Å². The summed E-state index contributed by atoms with van der Waals surface area (Å²) >= 11 is 2.43. The summed E-state index contributed by atoms with van der Waals surface area (Å²) in [6.07, 6.45) is 0. The molecule has 1 N–H and O–H groups in total. The Kier molecular flexibility index (Phi) is 6.75. The van der Waals surface area contributed by atoms with E-state index in [0.717, 1.165) is 17.3 Å². The lowest BCUT2D eigenvalue weighted by atomic mass is 10.1. The molecule has 0 unspecified atom stereocenters. The van der Waals surface area contributed by atoms with E-state index in [4.69, 9.17) is 4.74 Å². The van der Waals surface area contributed by atoms with Crippen LogP contribution < -0.4 is 10.3 Å². The van der Waals surface area contributed by atoms with Gasteiger partial charge in [-0.05, 0) is 35.4 Å². The fraction of sp³-hybridized carbons (Fsp3) is 0.174. The number of aromatic nitrogens is 2. The van der Waals surface area contributed by atoms with Gasteiger partial charge in [0.15, 0.2) is 16.7 Å². The second kappa shape index (κ2) is 9.72. The topological polar surface area (TPSA) is 75.3 Å². The van der Waals surface area contributed by atoms with Crippen LogP contribution in [-0.2, 0) is 11.3 Å². The third-order valence-corrected chi connectivity index (χ3v) is 6.70. The molecule has 0 aliphatic heterocycles. The van der Waals surface area contributed by atoms with Gasteiger partial charge in [0.05, 0.1) is 18.2 Å². The SMILES string of the molecule is COc1ccc(CN(C)C(=O)CSc2nc3scc(-c4ccc(F)cc4)c3c(=O)[nH]2)cc1F. The van der Waals surface area contributed by atoms with E-state index in [1.807, 2.05) is 5.38 Å². The number of thiophene rings is 1. The van der Waals surface area contributed by atoms with Crippen molar-refractivity contribution in [3.05, 3.63) is 75.4 Å². The zero-order valence-corrected chi connectivity index (χ0v) is 19.4. The van der Waals surface area contributed by atoms with E-state index in [0.29, 0.717) is 26.5 Å². The van der Waals surface area contributed by atoms with Crippen LogP contribution in [0.3, 0.4) is 0 Å². The van der Waals surface area contributed by atoms with Crippen LogP contribution in [-0.4, -0.2) is 40.7 Å². The van der Waals surface area contributed by atoms with Gasteiger partial charge in [0.25, 0.3) is 5.56 Å². The van der Waals surface area contributed by atoms with Gasteiger partial charge < -0.3 is 14.6 Å². The number of fused-ring (bicyclic) bond motifs is 1. The lowest BCUT2D eigenvalue weighted by Crippen LogP contribution is -2.28. The summed E-state index contributed by atoms with van der Waals surface area (Å²) in [7, 11) is 3.01. The number of hydrogen-bond donors (Lipinski definition) is 1. The molecular weight excluding hydrogens is 468 g/mol. The van der Waals surface area contributed by atoms with E-state index in [2.05, 4.69) is 9.97 Å². The Morgan fingerprint density at radius 1 is 1.21 bits per heavy atom. The highest BCUT2D eigenvalue weighted by molar-refractivity contribution is 7.99. The fourth-order valence-corrected chi connectivity index (χ4v) is 5.06. The average molecular weight is 488 g/mol. The van der Waals surface area contributed by atoms with Crippen LogP contribution in [0.4, 0.5) is 8.78 Å². The number of hydrogen-bond acceptors (Lipinski definition) is 6. The molecule has 1 amide bonds. The summed E-state index contributed by atoms with van der Waals surface area (Å²) in [4.78, 5) is 34.4. The molecule has 170 valence electrons. The number of thioether (sulfide) groups is 1. The quantitative estimate of drug-likeness (QED) is 0.302. The molecule has 10 heteroatoms. The number of nitrogens with zero attached hydrogens (tertiary/aromatic N) is 2. The van der Waals surface area contributed by atoms with Gasteiger partial charge in [0.2, 0.25) is 5.91 Å². The molecule has 0 saturated heterocycles. The van der Waals surface area contributed by atoms with Crippen molar-refractivity contribution >= 4 is 39.2 Å². The summed E-state index contributed by atoms with van der Waals surface area (Å²) in [5, 5.41) is 2.57. The van der Waals surface area contributed by atoms with Crippen molar-refractivity contribution < 1.29 is 18.3 Å². The smallest absolute Gasteiger partial charge is 0.260 e. The first-order valence-electron chi connectivity index (χ1n) is 9.82. The zero-order chi connectivity index (χ0) is 23.5. The monoisotopic (exact) mass is 487 g/mol. The highest BCUT2D eigenvalue weighted by Crippen LogP contribution is 2.31. The number of amides is 1. The van der Waals surface area contributed by atoms with Crippen molar-refractivity contribution in [2.24, 2.45) is 0 Å². The maximum absolute atomic E-state index is 13.9. The molecule has 4 rings (SSSR count). The van der Waals surface area contributed by atoms with Crippen molar-refractivity contribution in [1.82, 2.24) is 14.9 Å². The summed E-state index contributed by atoms with van der Waals surface area (Å²) in [6, 6.07) is 10.5. The van der Waals surface area contributed by atoms with E-state index >= 15 is 0 Å². The number of halogens is 2. The molecule has 0 aliphatic rings. The zero-order valence-electron chi connectivity index (χ0n) is 17.7. The Bertz CT molecular complexity index is 1370. The molecule has 0 radical (unpaired) electrons. The molecule has 0 spiro atoms. The predicted octanol–water partition coefficient (Wildman–Crippen LogP) is 4.69. The van der Waals surface area contributed by atoms with Crippen LogP contribution in [0.15, 0.2) is 57.8 Å². The summed E-state index contributed by atoms with van der Waals surface area (Å²) in [5.41, 5.74) is 1.72. The molecule has 0 aliphatic carbocycles. The molecule has 6 nitrogen and oxygen atoms in total. The van der Waals surface area contributed by atoms with E-state index in [-0.39, 0.29) is 35.3 Å². The van der Waals surface area contributed by atoms with Crippen LogP contribution in [0, 0.1) is 11.6 Å². The van der Waals surface area contributed by atoms with Gasteiger partial charge in [-0.1, -0.05) is 30.0 Å². The van der Waals surface area contributed by atoms with Crippen molar-refractivity contribution in [3.63, 3.8) is 0 Å². The Labute approximate surface area is 196 Å². The highest BCUT2D eigenvalue weighted by Gasteiger charge is 2.16. The summed E-state index contributed by atoms with van der Waals surface area (Å²) in [6.45, 7) is 0.231. The molecule has 4 aromatic rings. The summed E-state index contributed by atoms with van der Waals surface area (Å²) in [5.74, 6) is -0.839. The van der Waals surface area contributed by atoms with Gasteiger partial charge in [0, 0.05) is 24.5 Å². The van der Waals surface area contributed by atoms with Crippen molar-refractivity contribution in [2.75, 3.05) is 19.9 Å². The third kappa shape index (κ3) is 5.07. The molecule has 0 fully saturated rings. The highest BCUT2D eigenvalue weighted by atomic mass is 32.2. The number of rotatable bonds is 7. The number of methoxy groups -OCH3 is 1. The van der Waals surface area contributed by atoms with Gasteiger partial charge in [0.1, 0.15) is 10.6 Å². The lowest BCUT2D eigenvalue weighted by molar-refractivity contribution is -0.127. The number of ether oxygens (including phenoxy) is 1. The van der Waals surface area contributed by atoms with Gasteiger partial charge in [-0.25, -0.2) is 13.8 Å². The van der Waals surface area contributed by atoms with Crippen LogP contribution in [0.25, 0.3) is 21.3 Å². The van der Waals surface area contributed by atoms with Crippen LogP contribution in [0.5, 0.6) is 5.75 Å². The Balaban J connectivity index is 1.44. The average Bonchev–Trinajstić information content (AvgIpc) is 3.22.